The summed E-state index contributed by atoms with van der Waals surface area (Å²) in [6.45, 7) is 4.00. The molecule has 0 saturated heterocycles. The fourth-order valence-corrected chi connectivity index (χ4v) is 0.813. The monoisotopic (exact) mass is 155 g/mol. The van der Waals surface area contributed by atoms with Crippen LogP contribution in [0.1, 0.15) is 13.8 Å². The van der Waals surface area contributed by atoms with E-state index in [0.717, 1.165) is 4.90 Å². The second kappa shape index (κ2) is 6.65. The van der Waals surface area contributed by atoms with Crippen LogP contribution in [-0.4, -0.2) is 0 Å². The van der Waals surface area contributed by atoms with Gasteiger partial charge in [0, 0.05) is 4.90 Å². The molecule has 0 saturated carbocycles. The highest BCUT2D eigenvalue weighted by atomic mass is 32.2. The summed E-state index contributed by atoms with van der Waals surface area (Å²) >= 11 is 1.27. The summed E-state index contributed by atoms with van der Waals surface area (Å²) in [5.41, 5.74) is 0. The van der Waals surface area contributed by atoms with Gasteiger partial charge in [-0.2, -0.15) is 0 Å². The Kier molecular flexibility index (Phi) is 6.33. The van der Waals surface area contributed by atoms with E-state index >= 15 is 0 Å². The second-order valence-electron chi connectivity index (χ2n) is 1.43. The van der Waals surface area contributed by atoms with Crippen LogP contribution < -0.4 is 5.14 Å². The highest BCUT2D eigenvalue weighted by Crippen LogP contribution is 2.08. The Morgan fingerprint density at radius 1 is 1.10 bits per heavy atom. The third kappa shape index (κ3) is 3.54. The number of hydrogen-bond donors (Lipinski definition) is 1. The molecule has 0 radical (unpaired) electrons. The lowest BCUT2D eigenvalue weighted by molar-refractivity contribution is 1.46. The topological polar surface area (TPSA) is 26.0 Å². The van der Waals surface area contributed by atoms with Gasteiger partial charge in [0.25, 0.3) is 0 Å². The number of rotatable bonds is 1. The van der Waals surface area contributed by atoms with Crippen LogP contribution in [0.15, 0.2) is 35.2 Å². The van der Waals surface area contributed by atoms with E-state index in [4.69, 9.17) is 5.14 Å². The maximum atomic E-state index is 5.27. The van der Waals surface area contributed by atoms with E-state index in [2.05, 4.69) is 0 Å². The molecule has 2 heteroatoms. The van der Waals surface area contributed by atoms with Crippen molar-refractivity contribution in [2.45, 2.75) is 18.7 Å². The molecule has 0 atom stereocenters. The van der Waals surface area contributed by atoms with E-state index < -0.39 is 0 Å². The molecule has 0 aliphatic heterocycles. The molecule has 0 aliphatic carbocycles. The number of nitrogens with two attached hydrogens (primary N) is 1. The smallest absolute Gasteiger partial charge is 0.0225 e. The van der Waals surface area contributed by atoms with Gasteiger partial charge in [0.05, 0.1) is 0 Å². The van der Waals surface area contributed by atoms with Gasteiger partial charge in [-0.3, -0.25) is 5.14 Å². The second-order valence-corrected chi connectivity index (χ2v) is 2.14. The van der Waals surface area contributed by atoms with Crippen molar-refractivity contribution >= 4 is 11.9 Å². The molecule has 0 fully saturated rings. The van der Waals surface area contributed by atoms with Gasteiger partial charge in [-0.05, 0) is 24.1 Å². The van der Waals surface area contributed by atoms with Gasteiger partial charge in [0.2, 0.25) is 0 Å². The molecule has 0 bridgehead atoms. The Hall–Kier alpha value is -0.470. The van der Waals surface area contributed by atoms with E-state index in [1.54, 1.807) is 0 Å². The van der Waals surface area contributed by atoms with E-state index in [1.165, 1.54) is 11.9 Å². The molecule has 56 valence electrons. The molecule has 0 aliphatic rings. The Morgan fingerprint density at radius 3 is 1.90 bits per heavy atom. The minimum absolute atomic E-state index is 1.10. The largest absolute Gasteiger partial charge is 0.274 e. The molecule has 2 N–H and O–H groups in total. The summed E-state index contributed by atoms with van der Waals surface area (Å²) in [5.74, 6) is 0. The van der Waals surface area contributed by atoms with Crippen molar-refractivity contribution in [3.63, 3.8) is 0 Å². The van der Waals surface area contributed by atoms with Gasteiger partial charge < -0.3 is 0 Å². The maximum Gasteiger partial charge on any atom is 0.0225 e. The lowest BCUT2D eigenvalue weighted by atomic mass is 10.4. The highest BCUT2D eigenvalue weighted by molar-refractivity contribution is 7.97. The third-order valence-corrected chi connectivity index (χ3v) is 1.42. The van der Waals surface area contributed by atoms with E-state index in [9.17, 15) is 0 Å². The summed E-state index contributed by atoms with van der Waals surface area (Å²) in [4.78, 5) is 1.10. The van der Waals surface area contributed by atoms with E-state index in [1.807, 2.05) is 44.2 Å². The zero-order chi connectivity index (χ0) is 7.82. The number of hydrogen-bond acceptors (Lipinski definition) is 2. The van der Waals surface area contributed by atoms with Crippen LogP contribution in [0, 0.1) is 0 Å². The van der Waals surface area contributed by atoms with Crippen molar-refractivity contribution in [2.24, 2.45) is 5.14 Å². The van der Waals surface area contributed by atoms with Crippen molar-refractivity contribution in [1.82, 2.24) is 0 Å². The van der Waals surface area contributed by atoms with Crippen LogP contribution in [0.5, 0.6) is 0 Å². The van der Waals surface area contributed by atoms with Crippen LogP contribution in [0.4, 0.5) is 0 Å². The summed E-state index contributed by atoms with van der Waals surface area (Å²) in [7, 11) is 0. The molecule has 1 nitrogen and oxygen atoms in total. The molecular formula is C8H13NS. The van der Waals surface area contributed by atoms with Gasteiger partial charge in [0.1, 0.15) is 0 Å². The van der Waals surface area contributed by atoms with Crippen LogP contribution in [-0.2, 0) is 0 Å². The Bertz CT molecular complexity index is 151. The summed E-state index contributed by atoms with van der Waals surface area (Å²) < 4.78 is 0. The van der Waals surface area contributed by atoms with Gasteiger partial charge >= 0.3 is 0 Å². The van der Waals surface area contributed by atoms with Crippen LogP contribution in [0.3, 0.4) is 0 Å². The molecule has 1 rings (SSSR count). The van der Waals surface area contributed by atoms with Crippen LogP contribution >= 0.6 is 11.9 Å². The van der Waals surface area contributed by atoms with Gasteiger partial charge in [-0.1, -0.05) is 32.0 Å². The van der Waals surface area contributed by atoms with Crippen molar-refractivity contribution in [3.05, 3.63) is 30.3 Å². The normalized spacial score (nSPS) is 7.90. The first-order chi connectivity index (χ1) is 4.93. The molecule has 0 spiro atoms. The number of benzene rings is 1. The quantitative estimate of drug-likeness (QED) is 0.631. The Labute approximate surface area is 66.8 Å². The predicted octanol–water partition coefficient (Wildman–Crippen LogP) is 2.68. The van der Waals surface area contributed by atoms with Crippen LogP contribution in [0.25, 0.3) is 0 Å². The van der Waals surface area contributed by atoms with E-state index in [-0.39, 0.29) is 0 Å². The third-order valence-electron chi connectivity index (χ3n) is 0.879. The average Bonchev–Trinajstić information content (AvgIpc) is 2.10. The van der Waals surface area contributed by atoms with Crippen molar-refractivity contribution in [3.8, 4) is 0 Å². The zero-order valence-corrected chi connectivity index (χ0v) is 7.19. The van der Waals surface area contributed by atoms with E-state index in [0.29, 0.717) is 0 Å². The lowest BCUT2D eigenvalue weighted by Gasteiger charge is -1.88. The lowest BCUT2D eigenvalue weighted by Crippen LogP contribution is -1.75. The van der Waals surface area contributed by atoms with Crippen LogP contribution in [0.2, 0.25) is 0 Å². The molecule has 1 aromatic rings. The SMILES string of the molecule is CC.NSc1ccccc1. The minimum Gasteiger partial charge on any atom is -0.274 e. The van der Waals surface area contributed by atoms with Crippen molar-refractivity contribution < 1.29 is 0 Å². The first kappa shape index (κ1) is 9.53. The standard InChI is InChI=1S/C6H7NS.C2H6/c7-8-6-4-2-1-3-5-6;1-2/h1-5H,7H2;1-2H3. The summed E-state index contributed by atoms with van der Waals surface area (Å²) in [6, 6.07) is 9.86. The molecule has 0 aromatic heterocycles. The highest BCUT2D eigenvalue weighted by Gasteiger charge is 1.81. The first-order valence-electron chi connectivity index (χ1n) is 3.35. The molecule has 0 amide bonds. The molecule has 10 heavy (non-hydrogen) atoms. The summed E-state index contributed by atoms with van der Waals surface area (Å²) in [5, 5.41) is 5.27. The zero-order valence-electron chi connectivity index (χ0n) is 6.37. The minimum atomic E-state index is 1.10. The fourth-order valence-electron chi connectivity index (χ4n) is 0.499. The fraction of sp³-hybridized carbons (Fsp3) is 0.250. The van der Waals surface area contributed by atoms with Crippen molar-refractivity contribution in [2.75, 3.05) is 0 Å². The molecule has 0 unspecified atom stereocenters. The summed E-state index contributed by atoms with van der Waals surface area (Å²) in [6.07, 6.45) is 0. The van der Waals surface area contributed by atoms with Gasteiger partial charge in [-0.25, -0.2) is 0 Å². The average molecular weight is 155 g/mol. The Morgan fingerprint density at radius 2 is 1.60 bits per heavy atom. The Balaban J connectivity index is 0.000000371. The van der Waals surface area contributed by atoms with Gasteiger partial charge in [-0.15, -0.1) is 0 Å². The maximum absolute atomic E-state index is 5.27. The van der Waals surface area contributed by atoms with Gasteiger partial charge in [0.15, 0.2) is 0 Å². The molecule has 0 heterocycles. The molecule has 1 aromatic carbocycles. The molecular weight excluding hydrogens is 142 g/mol. The predicted molar refractivity (Wildman–Crippen MR) is 47.8 cm³/mol. The van der Waals surface area contributed by atoms with Crippen molar-refractivity contribution in [1.29, 1.82) is 0 Å². The first-order valence-corrected chi connectivity index (χ1v) is 4.23.